The number of likely N-dealkylation sites (tertiary alicyclic amines) is 1. The van der Waals surface area contributed by atoms with Crippen molar-refractivity contribution in [2.45, 2.75) is 46.1 Å². The molecule has 2 unspecified atom stereocenters. The summed E-state index contributed by atoms with van der Waals surface area (Å²) in [6.45, 7) is 12.0. The summed E-state index contributed by atoms with van der Waals surface area (Å²) in [5.41, 5.74) is 7.38. The van der Waals surface area contributed by atoms with Crippen molar-refractivity contribution in [3.8, 4) is 0 Å². The highest BCUT2D eigenvalue weighted by molar-refractivity contribution is 5.85. The molecule has 0 spiro atoms. The fraction of sp³-hybridized carbons (Fsp3) is 0.632. The van der Waals surface area contributed by atoms with E-state index in [1.807, 2.05) is 24.3 Å². The smallest absolute Gasteiger partial charge is 0.224 e. The SMILES string of the molecule is CC1CC(C)CN(C(C)(C)CNC(=O)Cc2ccc(N)cc2)C1.Cl.Cl. The van der Waals surface area contributed by atoms with Crippen LogP contribution < -0.4 is 11.1 Å². The second-order valence-electron chi connectivity index (χ2n) is 7.86. The van der Waals surface area contributed by atoms with E-state index in [0.29, 0.717) is 13.0 Å². The first-order valence-corrected chi connectivity index (χ1v) is 8.62. The number of hydrogen-bond donors (Lipinski definition) is 2. The molecule has 1 heterocycles. The van der Waals surface area contributed by atoms with Crippen molar-refractivity contribution in [2.24, 2.45) is 11.8 Å². The van der Waals surface area contributed by atoms with Crippen molar-refractivity contribution in [3.63, 3.8) is 0 Å². The number of nitrogens with zero attached hydrogens (tertiary/aromatic N) is 1. The molecule has 1 amide bonds. The second-order valence-corrected chi connectivity index (χ2v) is 7.86. The Balaban J connectivity index is 0.00000288. The number of anilines is 1. The zero-order valence-electron chi connectivity index (χ0n) is 15.7. The zero-order valence-corrected chi connectivity index (χ0v) is 17.4. The van der Waals surface area contributed by atoms with Crippen LogP contribution in [0.5, 0.6) is 0 Å². The Bertz CT molecular complexity index is 524. The average molecular weight is 390 g/mol. The summed E-state index contributed by atoms with van der Waals surface area (Å²) in [4.78, 5) is 14.7. The van der Waals surface area contributed by atoms with Crippen molar-refractivity contribution in [1.82, 2.24) is 10.2 Å². The molecule has 6 heteroatoms. The van der Waals surface area contributed by atoms with E-state index in [0.717, 1.165) is 36.2 Å². The molecule has 1 aromatic rings. The quantitative estimate of drug-likeness (QED) is 0.757. The molecule has 4 nitrogen and oxygen atoms in total. The van der Waals surface area contributed by atoms with Crippen LogP contribution in [0.2, 0.25) is 0 Å². The fourth-order valence-electron chi connectivity index (χ4n) is 3.47. The third-order valence-electron chi connectivity index (χ3n) is 4.79. The van der Waals surface area contributed by atoms with Crippen molar-refractivity contribution in [1.29, 1.82) is 0 Å². The topological polar surface area (TPSA) is 58.4 Å². The molecule has 1 aliphatic rings. The summed E-state index contributed by atoms with van der Waals surface area (Å²) in [6.07, 6.45) is 1.71. The number of carbonyl (C=O) groups excluding carboxylic acids is 1. The lowest BCUT2D eigenvalue weighted by Crippen LogP contribution is -2.56. The van der Waals surface area contributed by atoms with Gasteiger partial charge >= 0.3 is 0 Å². The summed E-state index contributed by atoms with van der Waals surface area (Å²) >= 11 is 0. The molecule has 1 saturated heterocycles. The van der Waals surface area contributed by atoms with Gasteiger partial charge < -0.3 is 11.1 Å². The molecule has 2 atom stereocenters. The lowest BCUT2D eigenvalue weighted by Gasteiger charge is -2.45. The first kappa shape index (κ1) is 24.0. The van der Waals surface area contributed by atoms with Gasteiger partial charge in [-0.15, -0.1) is 24.8 Å². The highest BCUT2D eigenvalue weighted by Gasteiger charge is 2.32. The highest BCUT2D eigenvalue weighted by Crippen LogP contribution is 2.26. The molecular formula is C19H33Cl2N3O. The Kier molecular flexibility index (Phi) is 9.85. The number of carbonyl (C=O) groups is 1. The van der Waals surface area contributed by atoms with Crippen LogP contribution in [0.3, 0.4) is 0 Å². The van der Waals surface area contributed by atoms with Gasteiger partial charge in [0.15, 0.2) is 0 Å². The summed E-state index contributed by atoms with van der Waals surface area (Å²) in [5, 5.41) is 3.10. The fourth-order valence-corrected chi connectivity index (χ4v) is 3.47. The van der Waals surface area contributed by atoms with E-state index < -0.39 is 0 Å². The van der Waals surface area contributed by atoms with E-state index in [4.69, 9.17) is 5.73 Å². The van der Waals surface area contributed by atoms with Crippen LogP contribution in [-0.4, -0.2) is 36.0 Å². The molecular weight excluding hydrogens is 357 g/mol. The van der Waals surface area contributed by atoms with Crippen LogP contribution in [0.4, 0.5) is 5.69 Å². The lowest BCUT2D eigenvalue weighted by atomic mass is 9.88. The maximum Gasteiger partial charge on any atom is 0.224 e. The molecule has 0 aromatic heterocycles. The van der Waals surface area contributed by atoms with Crippen LogP contribution in [-0.2, 0) is 11.2 Å². The van der Waals surface area contributed by atoms with E-state index in [1.54, 1.807) is 0 Å². The van der Waals surface area contributed by atoms with E-state index >= 15 is 0 Å². The van der Waals surface area contributed by atoms with Gasteiger partial charge in [-0.25, -0.2) is 0 Å². The average Bonchev–Trinajstić information content (AvgIpc) is 2.47. The van der Waals surface area contributed by atoms with Gasteiger partial charge in [0.05, 0.1) is 6.42 Å². The van der Waals surface area contributed by atoms with Gasteiger partial charge in [0.2, 0.25) is 5.91 Å². The number of hydrogen-bond acceptors (Lipinski definition) is 3. The maximum atomic E-state index is 12.2. The molecule has 25 heavy (non-hydrogen) atoms. The highest BCUT2D eigenvalue weighted by atomic mass is 35.5. The standard InChI is InChI=1S/C19H31N3O.2ClH/c1-14-9-15(2)12-22(11-14)19(3,4)13-21-18(23)10-16-5-7-17(20)8-6-16;;/h5-8,14-15H,9-13,20H2,1-4H3,(H,21,23);2*1H. The van der Waals surface area contributed by atoms with Gasteiger partial charge in [-0.05, 0) is 49.8 Å². The first-order chi connectivity index (χ1) is 10.8. The third kappa shape index (κ3) is 7.43. The Labute approximate surface area is 164 Å². The van der Waals surface area contributed by atoms with E-state index in [-0.39, 0.29) is 36.3 Å². The number of halogens is 2. The molecule has 1 aliphatic heterocycles. The number of amides is 1. The maximum absolute atomic E-state index is 12.2. The van der Waals surface area contributed by atoms with Gasteiger partial charge in [0.25, 0.3) is 0 Å². The number of piperidine rings is 1. The molecule has 0 aliphatic carbocycles. The number of nitrogens with two attached hydrogens (primary N) is 1. The van der Waals surface area contributed by atoms with Crippen LogP contribution in [0.25, 0.3) is 0 Å². The van der Waals surface area contributed by atoms with Crippen molar-refractivity contribution < 1.29 is 4.79 Å². The Morgan fingerprint density at radius 2 is 1.68 bits per heavy atom. The molecule has 3 N–H and O–H groups in total. The minimum atomic E-state index is -0.0142. The minimum Gasteiger partial charge on any atom is -0.399 e. The number of rotatable bonds is 5. The van der Waals surface area contributed by atoms with Crippen molar-refractivity contribution >= 4 is 36.4 Å². The molecule has 1 fully saturated rings. The van der Waals surface area contributed by atoms with Crippen LogP contribution in [0, 0.1) is 11.8 Å². The van der Waals surface area contributed by atoms with E-state index in [9.17, 15) is 4.79 Å². The predicted octanol–water partition coefficient (Wildman–Crippen LogP) is 3.53. The molecule has 0 saturated carbocycles. The molecule has 2 rings (SSSR count). The van der Waals surface area contributed by atoms with Gasteiger partial charge in [0.1, 0.15) is 0 Å². The monoisotopic (exact) mass is 389 g/mol. The van der Waals surface area contributed by atoms with E-state index in [2.05, 4.69) is 37.9 Å². The molecule has 1 aromatic carbocycles. The Hall–Kier alpha value is -0.970. The van der Waals surface area contributed by atoms with E-state index in [1.165, 1.54) is 6.42 Å². The van der Waals surface area contributed by atoms with Crippen LogP contribution in [0.15, 0.2) is 24.3 Å². The third-order valence-corrected chi connectivity index (χ3v) is 4.79. The summed E-state index contributed by atoms with van der Waals surface area (Å²) in [5.74, 6) is 1.52. The van der Waals surface area contributed by atoms with Gasteiger partial charge in [-0.1, -0.05) is 26.0 Å². The molecule has 144 valence electrons. The number of benzene rings is 1. The van der Waals surface area contributed by atoms with Gasteiger partial charge in [-0.3, -0.25) is 9.69 Å². The lowest BCUT2D eigenvalue weighted by molar-refractivity contribution is -0.121. The predicted molar refractivity (Wildman–Crippen MR) is 111 cm³/mol. The van der Waals surface area contributed by atoms with Gasteiger partial charge in [-0.2, -0.15) is 0 Å². The second kappa shape index (κ2) is 10.2. The number of nitrogens with one attached hydrogen (secondary N) is 1. The minimum absolute atomic E-state index is 0. The number of nitrogen functional groups attached to an aromatic ring is 1. The van der Waals surface area contributed by atoms with Gasteiger partial charge in [0, 0.05) is 30.9 Å². The van der Waals surface area contributed by atoms with Crippen molar-refractivity contribution in [3.05, 3.63) is 29.8 Å². The Morgan fingerprint density at radius 3 is 2.20 bits per heavy atom. The normalized spacial score (nSPS) is 21.0. The summed E-state index contributed by atoms with van der Waals surface area (Å²) < 4.78 is 0. The summed E-state index contributed by atoms with van der Waals surface area (Å²) in [6, 6.07) is 7.49. The van der Waals surface area contributed by atoms with Crippen LogP contribution in [0.1, 0.15) is 39.7 Å². The largest absolute Gasteiger partial charge is 0.399 e. The van der Waals surface area contributed by atoms with Crippen LogP contribution >= 0.6 is 24.8 Å². The zero-order chi connectivity index (χ0) is 17.0. The first-order valence-electron chi connectivity index (χ1n) is 8.62. The molecule has 0 bridgehead atoms. The Morgan fingerprint density at radius 1 is 1.16 bits per heavy atom. The van der Waals surface area contributed by atoms with Crippen molar-refractivity contribution in [2.75, 3.05) is 25.4 Å². The summed E-state index contributed by atoms with van der Waals surface area (Å²) in [7, 11) is 0. The molecule has 0 radical (unpaired) electrons.